The Morgan fingerprint density at radius 3 is 2.17 bits per heavy atom. The molecule has 0 atom stereocenters. The van der Waals surface area contributed by atoms with Crippen molar-refractivity contribution in [2.45, 2.75) is 88.7 Å². The molecule has 2 fully saturated rings. The highest BCUT2D eigenvalue weighted by Gasteiger charge is 2.29. The van der Waals surface area contributed by atoms with Crippen LogP contribution in [0.1, 0.15) is 97.0 Å². The van der Waals surface area contributed by atoms with Crippen LogP contribution in [0.2, 0.25) is 0 Å². The lowest BCUT2D eigenvalue weighted by atomic mass is 9.79. The summed E-state index contributed by atoms with van der Waals surface area (Å²) in [7, 11) is -3.81. The monoisotopic (exact) mass is 671 g/mol. The minimum Gasteiger partial charge on any atom is -0.489 e. The fraction of sp³-hybridized carbons (Fsp3) is 0.410. The first kappa shape index (κ1) is 33.4. The van der Waals surface area contributed by atoms with E-state index in [-0.39, 0.29) is 17.0 Å². The summed E-state index contributed by atoms with van der Waals surface area (Å²) >= 11 is 1.60. The number of carboxylic acids is 1. The minimum absolute atomic E-state index is 0.0698. The van der Waals surface area contributed by atoms with Crippen LogP contribution in [0.3, 0.4) is 0 Å². The Morgan fingerprint density at radius 2 is 1.51 bits per heavy atom. The topological polar surface area (TPSA) is 83.9 Å². The lowest BCUT2D eigenvalue weighted by Crippen LogP contribution is -2.35. The molecule has 1 N–H and O–H groups in total. The van der Waals surface area contributed by atoms with Crippen molar-refractivity contribution < 1.29 is 23.1 Å². The lowest BCUT2D eigenvalue weighted by Gasteiger charge is -2.29. The molecule has 0 saturated heterocycles. The van der Waals surface area contributed by atoms with Crippen molar-refractivity contribution in [3.63, 3.8) is 0 Å². The molecule has 0 spiro atoms. The first-order valence-corrected chi connectivity index (χ1v) is 19.2. The van der Waals surface area contributed by atoms with Gasteiger partial charge in [-0.3, -0.25) is 0 Å². The van der Waals surface area contributed by atoms with Crippen LogP contribution < -0.4 is 4.74 Å². The van der Waals surface area contributed by atoms with Crippen molar-refractivity contribution >= 4 is 27.3 Å². The highest BCUT2D eigenvalue weighted by atomic mass is 32.2. The molecule has 1 aromatic heterocycles. The fourth-order valence-corrected chi connectivity index (χ4v) is 9.58. The Morgan fingerprint density at radius 1 is 0.830 bits per heavy atom. The molecule has 6 rings (SSSR count). The molecule has 2 aliphatic rings. The van der Waals surface area contributed by atoms with Gasteiger partial charge >= 0.3 is 5.97 Å². The Kier molecular flexibility index (Phi) is 10.8. The largest absolute Gasteiger partial charge is 0.489 e. The summed E-state index contributed by atoms with van der Waals surface area (Å²) in [6.07, 6.45) is 10.7. The second-order valence-corrected chi connectivity index (χ2v) is 16.5. The van der Waals surface area contributed by atoms with Gasteiger partial charge in [-0.1, -0.05) is 63.3 Å². The van der Waals surface area contributed by atoms with E-state index in [4.69, 9.17) is 4.74 Å². The van der Waals surface area contributed by atoms with Crippen LogP contribution in [0.25, 0.3) is 10.4 Å². The van der Waals surface area contributed by atoms with Crippen molar-refractivity contribution in [2.24, 2.45) is 11.8 Å². The third kappa shape index (κ3) is 8.53. The molecule has 0 amide bonds. The van der Waals surface area contributed by atoms with Gasteiger partial charge in [0.1, 0.15) is 12.4 Å². The third-order valence-electron chi connectivity index (χ3n) is 9.93. The van der Waals surface area contributed by atoms with Crippen molar-refractivity contribution in [1.29, 1.82) is 0 Å². The molecule has 0 aliphatic heterocycles. The zero-order valence-corrected chi connectivity index (χ0v) is 28.8. The number of carboxylic acid groups (broad SMARTS) is 1. The number of aromatic carboxylic acids is 1. The van der Waals surface area contributed by atoms with Crippen LogP contribution in [0, 0.1) is 11.8 Å². The van der Waals surface area contributed by atoms with Crippen LogP contribution in [-0.4, -0.2) is 30.3 Å². The number of hydrogen-bond donors (Lipinski definition) is 1. The van der Waals surface area contributed by atoms with Crippen LogP contribution in [0.15, 0.2) is 89.8 Å². The molecular formula is C39H45NO5S2. The van der Waals surface area contributed by atoms with E-state index in [1.54, 1.807) is 15.6 Å². The Labute approximate surface area is 283 Å². The molecule has 3 aromatic carbocycles. The highest BCUT2D eigenvalue weighted by molar-refractivity contribution is 7.89. The van der Waals surface area contributed by atoms with Crippen LogP contribution in [-0.2, 0) is 23.2 Å². The van der Waals surface area contributed by atoms with Crippen LogP contribution in [0.4, 0.5) is 0 Å². The number of benzene rings is 3. The van der Waals surface area contributed by atoms with Gasteiger partial charge in [0.2, 0.25) is 10.0 Å². The van der Waals surface area contributed by atoms with E-state index >= 15 is 0 Å². The SMILES string of the molecule is CC1CCC(c2ccc(COc3ccc(-c4ccc(CN(CC5CCCCC5)S(=O)(=O)c5ccc(C(=O)O)cc5)s4)cc3)cc2)CC1. The first-order valence-electron chi connectivity index (χ1n) is 17.0. The van der Waals surface area contributed by atoms with Crippen LogP contribution in [0.5, 0.6) is 5.75 Å². The average Bonchev–Trinajstić information content (AvgIpc) is 3.57. The highest BCUT2D eigenvalue weighted by Crippen LogP contribution is 2.36. The molecule has 47 heavy (non-hydrogen) atoms. The van der Waals surface area contributed by atoms with Crippen molar-refractivity contribution in [3.8, 4) is 16.2 Å². The molecule has 1 heterocycles. The number of hydrogen-bond acceptors (Lipinski definition) is 5. The van der Waals surface area contributed by atoms with E-state index in [1.165, 1.54) is 61.9 Å². The normalized spacial score (nSPS) is 19.1. The van der Waals surface area contributed by atoms with Gasteiger partial charge in [-0.25, -0.2) is 13.2 Å². The summed E-state index contributed by atoms with van der Waals surface area (Å²) in [5.41, 5.74) is 3.74. The molecule has 2 aliphatic carbocycles. The summed E-state index contributed by atoms with van der Waals surface area (Å²) in [4.78, 5) is 13.5. The number of thiophene rings is 1. The molecule has 4 aromatic rings. The second-order valence-electron chi connectivity index (χ2n) is 13.4. The van der Waals surface area contributed by atoms with E-state index in [2.05, 4.69) is 49.4 Å². The molecule has 8 heteroatoms. The van der Waals surface area contributed by atoms with Gasteiger partial charge in [-0.05, 0) is 121 Å². The van der Waals surface area contributed by atoms with E-state index in [9.17, 15) is 18.3 Å². The van der Waals surface area contributed by atoms with Crippen molar-refractivity contribution in [2.75, 3.05) is 6.54 Å². The van der Waals surface area contributed by atoms with Gasteiger partial charge in [0.15, 0.2) is 0 Å². The average molecular weight is 672 g/mol. The maximum atomic E-state index is 13.8. The maximum absolute atomic E-state index is 13.8. The summed E-state index contributed by atoms with van der Waals surface area (Å²) in [5, 5.41) is 9.27. The van der Waals surface area contributed by atoms with Gasteiger partial charge in [0.25, 0.3) is 0 Å². The number of carbonyl (C=O) groups is 1. The molecule has 0 unspecified atom stereocenters. The zero-order chi connectivity index (χ0) is 32.8. The molecule has 2 saturated carbocycles. The number of sulfonamides is 1. The number of nitrogens with zero attached hydrogens (tertiary/aromatic N) is 1. The maximum Gasteiger partial charge on any atom is 0.335 e. The van der Waals surface area contributed by atoms with Gasteiger partial charge in [-0.2, -0.15) is 4.31 Å². The summed E-state index contributed by atoms with van der Waals surface area (Å²) in [6, 6.07) is 26.6. The summed E-state index contributed by atoms with van der Waals surface area (Å²) in [6.45, 7) is 3.63. The summed E-state index contributed by atoms with van der Waals surface area (Å²) in [5.74, 6) is 1.61. The van der Waals surface area contributed by atoms with Gasteiger partial charge in [0, 0.05) is 22.8 Å². The fourth-order valence-electron chi connectivity index (χ4n) is 6.98. The summed E-state index contributed by atoms with van der Waals surface area (Å²) < 4.78 is 35.4. The Balaban J connectivity index is 1.09. The Hall–Kier alpha value is -3.46. The van der Waals surface area contributed by atoms with E-state index in [0.29, 0.717) is 25.0 Å². The molecule has 0 radical (unpaired) electrons. The predicted molar refractivity (Wildman–Crippen MR) is 188 cm³/mol. The zero-order valence-electron chi connectivity index (χ0n) is 27.1. The second kappa shape index (κ2) is 15.2. The van der Waals surface area contributed by atoms with Gasteiger partial charge in [0.05, 0.1) is 10.5 Å². The Bertz CT molecular complexity index is 1720. The smallest absolute Gasteiger partial charge is 0.335 e. The van der Waals surface area contributed by atoms with Gasteiger partial charge < -0.3 is 9.84 Å². The van der Waals surface area contributed by atoms with Crippen molar-refractivity contribution in [1.82, 2.24) is 4.31 Å². The van der Waals surface area contributed by atoms with E-state index < -0.39 is 16.0 Å². The standard InChI is InChI=1S/C39H45NO5S2/c1-28-7-11-31(12-8-28)32-13-9-30(10-14-32)27-45-35-19-15-33(16-20-35)38-24-21-36(46-38)26-40(25-29-5-3-2-4-6-29)47(43,44)37-22-17-34(18-23-37)39(41)42/h9-10,13-24,28-29,31H,2-8,11-12,25-27H2,1H3,(H,41,42). The molecule has 6 nitrogen and oxygen atoms in total. The predicted octanol–water partition coefficient (Wildman–Crippen LogP) is 9.76. The number of ether oxygens (including phenoxy) is 1. The molecule has 248 valence electrons. The molecular weight excluding hydrogens is 627 g/mol. The lowest BCUT2D eigenvalue weighted by molar-refractivity contribution is 0.0696. The minimum atomic E-state index is -3.81. The van der Waals surface area contributed by atoms with Crippen LogP contribution >= 0.6 is 11.3 Å². The van der Waals surface area contributed by atoms with Gasteiger partial charge in [-0.15, -0.1) is 11.3 Å². The third-order valence-corrected chi connectivity index (χ3v) is 12.9. The molecule has 0 bridgehead atoms. The van der Waals surface area contributed by atoms with E-state index in [0.717, 1.165) is 58.2 Å². The number of rotatable bonds is 12. The van der Waals surface area contributed by atoms with E-state index in [1.807, 2.05) is 18.2 Å². The van der Waals surface area contributed by atoms with Crippen molar-refractivity contribution in [3.05, 3.63) is 106 Å². The first-order chi connectivity index (χ1) is 22.7. The quantitative estimate of drug-likeness (QED) is 0.162.